The minimum atomic E-state index is 0.156. The number of aromatic nitrogens is 2. The number of rotatable bonds is 9. The Balaban J connectivity index is 1.43. The molecule has 0 saturated carbocycles. The highest BCUT2D eigenvalue weighted by molar-refractivity contribution is 9.11. The lowest BCUT2D eigenvalue weighted by molar-refractivity contribution is 0.477. The van der Waals surface area contributed by atoms with Crippen LogP contribution in [0.25, 0.3) is 44.9 Å². The fraction of sp³-hybridized carbons (Fsp3) is 0.258. The molecule has 0 aliphatic rings. The molecule has 5 aromatic rings. The van der Waals surface area contributed by atoms with Crippen molar-refractivity contribution in [3.05, 3.63) is 80.9 Å². The molecule has 0 amide bonds. The van der Waals surface area contributed by atoms with Crippen LogP contribution in [-0.4, -0.2) is 14.7 Å². The Labute approximate surface area is 229 Å². The summed E-state index contributed by atoms with van der Waals surface area (Å²) in [7, 11) is 0. The standard InChI is InChI=1S/C31H30Br2N2O/c1-2-3-4-5-6-9-18-35-28-11-8-7-10-23(28)25-19-21(13-17-29(25)35)12-14-22-15-16-24-26(32)20-27(33)31(36)30(24)34-22/h7-8,10-17,19-20,36H,2-6,9,18H2,1H3. The summed E-state index contributed by atoms with van der Waals surface area (Å²) in [5.74, 6) is 0.156. The van der Waals surface area contributed by atoms with Crippen LogP contribution in [0, 0.1) is 0 Å². The fourth-order valence-corrected chi connectivity index (χ4v) is 6.23. The number of halogens is 2. The van der Waals surface area contributed by atoms with Crippen molar-refractivity contribution in [2.24, 2.45) is 0 Å². The quantitative estimate of drug-likeness (QED) is 0.170. The third-order valence-corrected chi connectivity index (χ3v) is 8.12. The van der Waals surface area contributed by atoms with Gasteiger partial charge in [-0.25, -0.2) is 4.98 Å². The number of fused-ring (bicyclic) bond motifs is 4. The third kappa shape index (κ3) is 5.09. The molecule has 0 radical (unpaired) electrons. The first-order valence-corrected chi connectivity index (χ1v) is 14.3. The first-order valence-electron chi connectivity index (χ1n) is 12.7. The lowest BCUT2D eigenvalue weighted by Gasteiger charge is -2.08. The van der Waals surface area contributed by atoms with E-state index in [-0.39, 0.29) is 5.75 Å². The first-order chi connectivity index (χ1) is 17.6. The number of nitrogens with zero attached hydrogens (tertiary/aromatic N) is 2. The second-order valence-corrected chi connectivity index (χ2v) is 11.1. The van der Waals surface area contributed by atoms with Gasteiger partial charge >= 0.3 is 0 Å². The van der Waals surface area contributed by atoms with Crippen molar-refractivity contribution < 1.29 is 5.11 Å². The zero-order valence-corrected chi connectivity index (χ0v) is 23.6. The van der Waals surface area contributed by atoms with E-state index in [1.807, 2.05) is 24.3 Å². The van der Waals surface area contributed by atoms with Crippen LogP contribution in [0.4, 0.5) is 0 Å². The van der Waals surface area contributed by atoms with Crippen molar-refractivity contribution in [1.29, 1.82) is 0 Å². The Kier molecular flexibility index (Phi) is 7.78. The maximum atomic E-state index is 10.5. The van der Waals surface area contributed by atoms with Crippen LogP contribution in [0.15, 0.2) is 69.6 Å². The van der Waals surface area contributed by atoms with Gasteiger partial charge in [0.05, 0.1) is 10.2 Å². The van der Waals surface area contributed by atoms with Gasteiger partial charge in [-0.05, 0) is 70.4 Å². The fourth-order valence-electron chi connectivity index (χ4n) is 4.96. The minimum Gasteiger partial charge on any atom is -0.505 e. The normalized spacial score (nSPS) is 12.0. The highest BCUT2D eigenvalue weighted by atomic mass is 79.9. The SMILES string of the molecule is CCCCCCCCn1c2ccccc2c2cc(C=Cc3ccc4c(Br)cc(Br)c(O)c4n3)ccc21. The van der Waals surface area contributed by atoms with Gasteiger partial charge in [-0.3, -0.25) is 0 Å². The average molecular weight is 606 g/mol. The van der Waals surface area contributed by atoms with Gasteiger partial charge in [-0.15, -0.1) is 0 Å². The van der Waals surface area contributed by atoms with Crippen molar-refractivity contribution in [2.75, 3.05) is 0 Å². The van der Waals surface area contributed by atoms with Crippen molar-refractivity contribution >= 4 is 76.7 Å². The molecule has 0 unspecified atom stereocenters. The van der Waals surface area contributed by atoms with Crippen LogP contribution >= 0.6 is 31.9 Å². The Bertz CT molecular complexity index is 1570. The maximum absolute atomic E-state index is 10.5. The Morgan fingerprint density at radius 3 is 2.42 bits per heavy atom. The predicted molar refractivity (Wildman–Crippen MR) is 161 cm³/mol. The Morgan fingerprint density at radius 1 is 0.778 bits per heavy atom. The molecule has 0 fully saturated rings. The van der Waals surface area contributed by atoms with Gasteiger partial charge in [0.2, 0.25) is 0 Å². The molecule has 3 nitrogen and oxygen atoms in total. The topological polar surface area (TPSA) is 38.0 Å². The second kappa shape index (κ2) is 11.2. The summed E-state index contributed by atoms with van der Waals surface area (Å²) in [6.45, 7) is 3.32. The van der Waals surface area contributed by atoms with Crippen LogP contribution in [0.5, 0.6) is 5.75 Å². The molecule has 0 aliphatic carbocycles. The summed E-state index contributed by atoms with van der Waals surface area (Å²) in [4.78, 5) is 4.69. The van der Waals surface area contributed by atoms with Crippen molar-refractivity contribution in [3.63, 3.8) is 0 Å². The molecule has 0 spiro atoms. The molecule has 5 rings (SSSR count). The van der Waals surface area contributed by atoms with Gasteiger partial charge in [0.15, 0.2) is 5.75 Å². The molecule has 36 heavy (non-hydrogen) atoms. The van der Waals surface area contributed by atoms with Crippen LogP contribution < -0.4 is 0 Å². The molecule has 2 aromatic heterocycles. The number of hydrogen-bond donors (Lipinski definition) is 1. The van der Waals surface area contributed by atoms with E-state index in [2.05, 4.69) is 96.9 Å². The van der Waals surface area contributed by atoms with E-state index in [1.165, 1.54) is 60.3 Å². The van der Waals surface area contributed by atoms with Crippen LogP contribution in [-0.2, 0) is 6.54 Å². The molecule has 184 valence electrons. The Hall–Kier alpha value is -2.63. The minimum absolute atomic E-state index is 0.156. The van der Waals surface area contributed by atoms with Gasteiger partial charge in [0, 0.05) is 38.2 Å². The first kappa shape index (κ1) is 25.0. The molecule has 0 saturated heterocycles. The van der Waals surface area contributed by atoms with Crippen LogP contribution in [0.3, 0.4) is 0 Å². The zero-order chi connectivity index (χ0) is 25.1. The highest BCUT2D eigenvalue weighted by Gasteiger charge is 2.12. The van der Waals surface area contributed by atoms with Crippen molar-refractivity contribution in [2.45, 2.75) is 52.0 Å². The van der Waals surface area contributed by atoms with Gasteiger partial charge in [-0.1, -0.05) is 85.3 Å². The molecule has 0 bridgehead atoms. The highest BCUT2D eigenvalue weighted by Crippen LogP contribution is 2.37. The summed E-state index contributed by atoms with van der Waals surface area (Å²) in [6, 6.07) is 21.2. The lowest BCUT2D eigenvalue weighted by Crippen LogP contribution is -1.97. The van der Waals surface area contributed by atoms with Crippen LogP contribution in [0.1, 0.15) is 56.7 Å². The van der Waals surface area contributed by atoms with Crippen molar-refractivity contribution in [1.82, 2.24) is 9.55 Å². The molecule has 3 aromatic carbocycles. The van der Waals surface area contributed by atoms with E-state index in [4.69, 9.17) is 0 Å². The average Bonchev–Trinajstić information content (AvgIpc) is 3.21. The Morgan fingerprint density at radius 2 is 1.56 bits per heavy atom. The van der Waals surface area contributed by atoms with Gasteiger partial charge in [0.1, 0.15) is 5.52 Å². The number of aryl methyl sites for hydroxylation is 1. The number of phenolic OH excluding ortho intramolecular Hbond substituents is 1. The smallest absolute Gasteiger partial charge is 0.156 e. The van der Waals surface area contributed by atoms with E-state index in [0.717, 1.165) is 27.7 Å². The second-order valence-electron chi connectivity index (χ2n) is 9.37. The number of benzene rings is 3. The molecule has 5 heteroatoms. The van der Waals surface area contributed by atoms with E-state index in [0.29, 0.717) is 9.99 Å². The number of para-hydroxylation sites is 1. The molecule has 0 aliphatic heterocycles. The monoisotopic (exact) mass is 604 g/mol. The van der Waals surface area contributed by atoms with Gasteiger partial charge < -0.3 is 9.67 Å². The molecule has 1 N–H and O–H groups in total. The van der Waals surface area contributed by atoms with Crippen LogP contribution in [0.2, 0.25) is 0 Å². The summed E-state index contributed by atoms with van der Waals surface area (Å²) in [6.07, 6.45) is 11.9. The molecular weight excluding hydrogens is 576 g/mol. The molecule has 2 heterocycles. The number of phenols is 1. The number of aromatic hydroxyl groups is 1. The maximum Gasteiger partial charge on any atom is 0.156 e. The summed E-state index contributed by atoms with van der Waals surface area (Å²) in [5.41, 5.74) is 5.11. The third-order valence-electron chi connectivity index (χ3n) is 6.86. The zero-order valence-electron chi connectivity index (χ0n) is 20.5. The molecule has 0 atom stereocenters. The predicted octanol–water partition coefficient (Wildman–Crippen LogP) is 10.1. The summed E-state index contributed by atoms with van der Waals surface area (Å²) < 4.78 is 4.01. The number of hydrogen-bond acceptors (Lipinski definition) is 2. The van der Waals surface area contributed by atoms with E-state index >= 15 is 0 Å². The van der Waals surface area contributed by atoms with Crippen molar-refractivity contribution in [3.8, 4) is 5.75 Å². The van der Waals surface area contributed by atoms with E-state index < -0.39 is 0 Å². The molecular formula is C31H30Br2N2O. The summed E-state index contributed by atoms with van der Waals surface area (Å²) >= 11 is 6.96. The largest absolute Gasteiger partial charge is 0.505 e. The van der Waals surface area contributed by atoms with E-state index in [9.17, 15) is 5.11 Å². The van der Waals surface area contributed by atoms with Gasteiger partial charge in [0.25, 0.3) is 0 Å². The van der Waals surface area contributed by atoms with Gasteiger partial charge in [-0.2, -0.15) is 0 Å². The number of unbranched alkanes of at least 4 members (excludes halogenated alkanes) is 5. The van der Waals surface area contributed by atoms with E-state index in [1.54, 1.807) is 0 Å². The summed E-state index contributed by atoms with van der Waals surface area (Å²) in [5, 5.41) is 13.9. The lowest BCUT2D eigenvalue weighted by atomic mass is 10.1. The number of pyridine rings is 1.